The summed E-state index contributed by atoms with van der Waals surface area (Å²) in [7, 11) is 0. The zero-order valence-corrected chi connectivity index (χ0v) is 43.2. The Morgan fingerprint density at radius 3 is 1.09 bits per heavy atom. The van der Waals surface area contributed by atoms with Crippen LogP contribution in [0.1, 0.15) is 239 Å². The summed E-state index contributed by atoms with van der Waals surface area (Å²) in [5.41, 5.74) is 0. The Morgan fingerprint density at radius 2 is 0.682 bits per heavy atom. The van der Waals surface area contributed by atoms with Gasteiger partial charge >= 0.3 is 11.9 Å². The van der Waals surface area contributed by atoms with Crippen LogP contribution in [-0.4, -0.2) is 37.9 Å². The van der Waals surface area contributed by atoms with Crippen molar-refractivity contribution in [3.05, 3.63) is 109 Å². The van der Waals surface area contributed by atoms with E-state index in [0.29, 0.717) is 19.4 Å². The van der Waals surface area contributed by atoms with Crippen LogP contribution in [0.2, 0.25) is 0 Å². The maximum absolute atomic E-state index is 12.8. The van der Waals surface area contributed by atoms with E-state index in [9.17, 15) is 9.59 Å². The molecule has 66 heavy (non-hydrogen) atoms. The molecule has 1 atom stereocenters. The molecule has 0 fully saturated rings. The number of esters is 2. The maximum Gasteiger partial charge on any atom is 0.306 e. The molecule has 0 radical (unpaired) electrons. The first kappa shape index (κ1) is 62.6. The molecule has 5 heteroatoms. The van der Waals surface area contributed by atoms with Gasteiger partial charge < -0.3 is 14.2 Å². The van der Waals surface area contributed by atoms with E-state index in [4.69, 9.17) is 14.2 Å². The molecule has 0 heterocycles. The molecule has 5 nitrogen and oxygen atoms in total. The molecule has 0 N–H and O–H groups in total. The quantitative estimate of drug-likeness (QED) is 0.0346. The number of carbonyl (C=O) groups excluding carboxylic acids is 2. The number of hydrogen-bond donors (Lipinski definition) is 0. The monoisotopic (exact) mass is 915 g/mol. The van der Waals surface area contributed by atoms with Gasteiger partial charge in [-0.1, -0.05) is 220 Å². The second kappa shape index (κ2) is 55.9. The Hall–Kier alpha value is -3.44. The number of carbonyl (C=O) groups is 2. The van der Waals surface area contributed by atoms with Crippen LogP contribution < -0.4 is 0 Å². The van der Waals surface area contributed by atoms with Crippen molar-refractivity contribution in [3.8, 4) is 0 Å². The lowest BCUT2D eigenvalue weighted by atomic mass is 10.1. The number of ether oxygens (including phenoxy) is 3. The Labute approximate surface area is 408 Å². The smallest absolute Gasteiger partial charge is 0.306 e. The number of unbranched alkanes of at least 4 members (excludes halogenated alkanes) is 20. The SMILES string of the molecule is CC/C=C\C/C=C\C/C=C\C/C=C\C/C=C\CCOCC(COC(=O)CCCCCCCCCCC/C=C\C/C=C\CCCCC)OC(=O)CCCCCCC/C=C\C/C=C\CCCCC. The van der Waals surface area contributed by atoms with Crippen LogP contribution in [-0.2, 0) is 23.8 Å². The van der Waals surface area contributed by atoms with Crippen LogP contribution in [0.4, 0.5) is 0 Å². The molecule has 0 aliphatic rings. The van der Waals surface area contributed by atoms with Crippen molar-refractivity contribution in [1.82, 2.24) is 0 Å². The largest absolute Gasteiger partial charge is 0.462 e. The lowest BCUT2D eigenvalue weighted by Crippen LogP contribution is -2.30. The van der Waals surface area contributed by atoms with Crippen LogP contribution >= 0.6 is 0 Å². The highest BCUT2D eigenvalue weighted by molar-refractivity contribution is 5.70. The summed E-state index contributed by atoms with van der Waals surface area (Å²) in [6, 6.07) is 0. The highest BCUT2D eigenvalue weighted by atomic mass is 16.6. The number of rotatable bonds is 49. The van der Waals surface area contributed by atoms with Crippen molar-refractivity contribution in [1.29, 1.82) is 0 Å². The summed E-state index contributed by atoms with van der Waals surface area (Å²) < 4.78 is 17.3. The fourth-order valence-corrected chi connectivity index (χ4v) is 7.22. The summed E-state index contributed by atoms with van der Waals surface area (Å²) in [6.45, 7) is 7.44. The standard InChI is InChI=1S/C61H102O5/c1-4-7-10-13-16-19-22-25-28-30-31-32-34-36-39-42-45-48-51-54-60(62)65-58-59(57-64-56-53-50-47-44-41-38-35-29-26-23-20-17-14-11-8-5-2)66-61(63)55-52-49-46-43-40-37-33-27-24-21-18-15-12-9-6-3/h8,11,16-21,25-29,33,38,41,47,50,59H,4-7,9-10,12-15,22-24,30-32,34-37,39-40,42-46,48-49,51-58H2,1-3H3/b11-8-,19-16-,20-17-,21-18-,28-25-,29-26-,33-27-,41-38-,50-47-. The van der Waals surface area contributed by atoms with Gasteiger partial charge in [0.15, 0.2) is 6.10 Å². The van der Waals surface area contributed by atoms with E-state index in [2.05, 4.69) is 130 Å². The molecule has 0 aromatic rings. The zero-order valence-electron chi connectivity index (χ0n) is 43.2. The molecule has 0 bridgehead atoms. The van der Waals surface area contributed by atoms with Gasteiger partial charge in [-0.15, -0.1) is 0 Å². The molecule has 0 aliphatic carbocycles. The van der Waals surface area contributed by atoms with Crippen molar-refractivity contribution in [2.75, 3.05) is 19.8 Å². The minimum absolute atomic E-state index is 0.0420. The van der Waals surface area contributed by atoms with Crippen molar-refractivity contribution in [2.24, 2.45) is 0 Å². The van der Waals surface area contributed by atoms with Crippen LogP contribution in [0, 0.1) is 0 Å². The van der Waals surface area contributed by atoms with E-state index >= 15 is 0 Å². The molecular weight excluding hydrogens is 813 g/mol. The fraction of sp³-hybridized carbons (Fsp3) is 0.672. The second-order valence-corrected chi connectivity index (χ2v) is 17.7. The highest BCUT2D eigenvalue weighted by Gasteiger charge is 2.17. The molecule has 0 aromatic heterocycles. The molecule has 0 saturated heterocycles. The minimum Gasteiger partial charge on any atom is -0.462 e. The van der Waals surface area contributed by atoms with Crippen LogP contribution in [0.25, 0.3) is 0 Å². The van der Waals surface area contributed by atoms with Gasteiger partial charge in [-0.05, 0) is 116 Å². The molecule has 0 aromatic carbocycles. The molecule has 0 saturated carbocycles. The Bertz CT molecular complexity index is 1310. The van der Waals surface area contributed by atoms with Gasteiger partial charge in [0.05, 0.1) is 13.2 Å². The first-order valence-corrected chi connectivity index (χ1v) is 27.4. The molecule has 1 unspecified atom stereocenters. The third-order valence-corrected chi connectivity index (χ3v) is 11.3. The van der Waals surface area contributed by atoms with Crippen molar-refractivity contribution < 1.29 is 23.8 Å². The van der Waals surface area contributed by atoms with Crippen molar-refractivity contribution >= 4 is 11.9 Å². The normalized spacial score (nSPS) is 13.1. The topological polar surface area (TPSA) is 61.8 Å². The second-order valence-electron chi connectivity index (χ2n) is 17.7. The van der Waals surface area contributed by atoms with Crippen molar-refractivity contribution in [2.45, 2.75) is 245 Å². The molecule has 376 valence electrons. The van der Waals surface area contributed by atoms with E-state index < -0.39 is 6.10 Å². The van der Waals surface area contributed by atoms with Crippen molar-refractivity contribution in [3.63, 3.8) is 0 Å². The predicted molar refractivity (Wildman–Crippen MR) is 288 cm³/mol. The molecule has 0 amide bonds. The third kappa shape index (κ3) is 53.2. The summed E-state index contributed by atoms with van der Waals surface area (Å²) in [5, 5.41) is 0. The first-order valence-electron chi connectivity index (χ1n) is 27.4. The van der Waals surface area contributed by atoms with Gasteiger partial charge in [0.25, 0.3) is 0 Å². The lowest BCUT2D eigenvalue weighted by Gasteiger charge is -2.18. The predicted octanol–water partition coefficient (Wildman–Crippen LogP) is 18.8. The average Bonchev–Trinajstić information content (AvgIpc) is 3.32. The summed E-state index contributed by atoms with van der Waals surface area (Å²) >= 11 is 0. The molecule has 0 spiro atoms. The van der Waals surface area contributed by atoms with Gasteiger partial charge in [-0.3, -0.25) is 9.59 Å². The van der Waals surface area contributed by atoms with Crippen LogP contribution in [0.5, 0.6) is 0 Å². The Balaban J connectivity index is 4.40. The van der Waals surface area contributed by atoms with E-state index in [1.807, 2.05) is 0 Å². The Kier molecular flexibility index (Phi) is 53.0. The molecular formula is C61H102O5. The van der Waals surface area contributed by atoms with E-state index in [1.165, 1.54) is 109 Å². The lowest BCUT2D eigenvalue weighted by molar-refractivity contribution is -0.162. The van der Waals surface area contributed by atoms with Crippen LogP contribution in [0.3, 0.4) is 0 Å². The van der Waals surface area contributed by atoms with Gasteiger partial charge in [0.2, 0.25) is 0 Å². The molecule has 0 rings (SSSR count). The van der Waals surface area contributed by atoms with E-state index in [0.717, 1.165) is 96.3 Å². The first-order chi connectivity index (χ1) is 32.6. The van der Waals surface area contributed by atoms with E-state index in [-0.39, 0.29) is 25.2 Å². The zero-order chi connectivity index (χ0) is 47.7. The summed E-state index contributed by atoms with van der Waals surface area (Å²) in [4.78, 5) is 25.5. The van der Waals surface area contributed by atoms with E-state index in [1.54, 1.807) is 0 Å². The molecule has 0 aliphatic heterocycles. The Morgan fingerprint density at radius 1 is 0.348 bits per heavy atom. The third-order valence-electron chi connectivity index (χ3n) is 11.3. The summed E-state index contributed by atoms with van der Waals surface area (Å²) in [5.74, 6) is -0.461. The summed E-state index contributed by atoms with van der Waals surface area (Å²) in [6.07, 6.45) is 76.9. The maximum atomic E-state index is 12.8. The fourth-order valence-electron chi connectivity index (χ4n) is 7.22. The van der Waals surface area contributed by atoms with Gasteiger partial charge in [0, 0.05) is 12.8 Å². The average molecular weight is 915 g/mol. The highest BCUT2D eigenvalue weighted by Crippen LogP contribution is 2.14. The number of hydrogen-bond acceptors (Lipinski definition) is 5. The van der Waals surface area contributed by atoms with Gasteiger partial charge in [0.1, 0.15) is 6.61 Å². The minimum atomic E-state index is -0.592. The van der Waals surface area contributed by atoms with Crippen LogP contribution in [0.15, 0.2) is 109 Å². The van der Waals surface area contributed by atoms with Gasteiger partial charge in [-0.2, -0.15) is 0 Å². The van der Waals surface area contributed by atoms with Gasteiger partial charge in [-0.25, -0.2) is 0 Å². The number of allylic oxidation sites excluding steroid dienone is 17.